The monoisotopic (exact) mass is 228 g/mol. The summed E-state index contributed by atoms with van der Waals surface area (Å²) in [5.74, 6) is -0.439. The van der Waals surface area contributed by atoms with Crippen molar-refractivity contribution < 1.29 is 19.1 Å². The van der Waals surface area contributed by atoms with Crippen molar-refractivity contribution in [2.24, 2.45) is 0 Å². The molecule has 2 aromatic rings. The zero-order valence-electron chi connectivity index (χ0n) is 8.98. The number of hydrogen-bond acceptors (Lipinski definition) is 4. The van der Waals surface area contributed by atoms with E-state index in [-0.39, 0.29) is 22.6 Å². The van der Waals surface area contributed by atoms with Gasteiger partial charge in [-0.25, -0.2) is 0 Å². The summed E-state index contributed by atoms with van der Waals surface area (Å²) in [6, 6.07) is 6.02. The Hall–Kier alpha value is -2.36. The topological polar surface area (TPSA) is 67.5 Å². The van der Waals surface area contributed by atoms with Gasteiger partial charge in [0.2, 0.25) is 11.6 Å². The van der Waals surface area contributed by atoms with Crippen molar-refractivity contribution in [3.05, 3.63) is 41.2 Å². The number of phenols is 1. The molecule has 0 atom stereocenters. The van der Waals surface area contributed by atoms with E-state index < -0.39 is 11.6 Å². The Morgan fingerprint density at radius 3 is 2.59 bits per heavy atom. The molecule has 0 spiro atoms. The van der Waals surface area contributed by atoms with Crippen LogP contribution in [0.2, 0.25) is 0 Å². The number of ketones is 2. The van der Waals surface area contributed by atoms with E-state index in [1.807, 2.05) is 0 Å². The zero-order valence-corrected chi connectivity index (χ0v) is 8.98. The second-order valence-corrected chi connectivity index (χ2v) is 3.96. The lowest BCUT2D eigenvalue weighted by Crippen LogP contribution is -2.19. The van der Waals surface area contributed by atoms with Crippen LogP contribution in [0.25, 0.3) is 11.3 Å². The molecule has 0 fully saturated rings. The van der Waals surface area contributed by atoms with Crippen LogP contribution in [0.1, 0.15) is 26.5 Å². The minimum atomic E-state index is -0.607. The first kappa shape index (κ1) is 9.84. The highest BCUT2D eigenvalue weighted by Gasteiger charge is 2.34. The molecule has 1 aliphatic rings. The van der Waals surface area contributed by atoms with E-state index in [9.17, 15) is 14.7 Å². The molecule has 1 heterocycles. The molecule has 0 saturated carbocycles. The fraction of sp³-hybridized carbons (Fsp3) is 0.0769. The van der Waals surface area contributed by atoms with Crippen LogP contribution in [-0.4, -0.2) is 16.7 Å². The third-order valence-corrected chi connectivity index (χ3v) is 2.82. The van der Waals surface area contributed by atoms with Gasteiger partial charge in [-0.05, 0) is 25.1 Å². The number of furan rings is 1. The number of Topliss-reactive ketones (excluding diaryl/α,β-unsaturated/α-hetero) is 2. The maximum Gasteiger partial charge on any atom is 0.237 e. The van der Waals surface area contributed by atoms with Crippen molar-refractivity contribution in [3.63, 3.8) is 0 Å². The maximum absolute atomic E-state index is 11.8. The van der Waals surface area contributed by atoms with E-state index >= 15 is 0 Å². The predicted octanol–water partition coefficient (Wildman–Crippen LogP) is 2.34. The van der Waals surface area contributed by atoms with Gasteiger partial charge in [-0.1, -0.05) is 6.07 Å². The second kappa shape index (κ2) is 3.07. The summed E-state index contributed by atoms with van der Waals surface area (Å²) in [7, 11) is 0. The number of phenolic OH excluding ortho intramolecular Hbond substituents is 1. The minimum Gasteiger partial charge on any atom is -0.507 e. The van der Waals surface area contributed by atoms with E-state index in [0.717, 1.165) is 0 Å². The third kappa shape index (κ3) is 1.18. The molecule has 0 saturated heterocycles. The predicted molar refractivity (Wildman–Crippen MR) is 59.2 cm³/mol. The molecule has 1 aromatic heterocycles. The Morgan fingerprint density at radius 2 is 1.82 bits per heavy atom. The lowest BCUT2D eigenvalue weighted by Gasteiger charge is -2.13. The summed E-state index contributed by atoms with van der Waals surface area (Å²) in [5, 5.41) is 9.79. The molecule has 3 rings (SSSR count). The van der Waals surface area contributed by atoms with Gasteiger partial charge >= 0.3 is 0 Å². The summed E-state index contributed by atoms with van der Waals surface area (Å²) in [6.07, 6.45) is 0. The molecule has 0 amide bonds. The number of aromatic hydroxyl groups is 1. The molecule has 17 heavy (non-hydrogen) atoms. The van der Waals surface area contributed by atoms with E-state index in [0.29, 0.717) is 11.3 Å². The van der Waals surface area contributed by atoms with Crippen molar-refractivity contribution in [2.75, 3.05) is 0 Å². The number of aryl methyl sites for hydroxylation is 1. The molecule has 84 valence electrons. The van der Waals surface area contributed by atoms with Gasteiger partial charge in [0.25, 0.3) is 0 Å². The van der Waals surface area contributed by atoms with Crippen molar-refractivity contribution in [1.29, 1.82) is 0 Å². The fourth-order valence-electron chi connectivity index (χ4n) is 2.08. The highest BCUT2D eigenvalue weighted by molar-refractivity contribution is 6.52. The van der Waals surface area contributed by atoms with Gasteiger partial charge in [0.05, 0.1) is 11.1 Å². The number of carbonyl (C=O) groups is 2. The van der Waals surface area contributed by atoms with E-state index in [4.69, 9.17) is 4.42 Å². The molecule has 1 aliphatic carbocycles. The van der Waals surface area contributed by atoms with Gasteiger partial charge in [0, 0.05) is 5.56 Å². The minimum absolute atomic E-state index is 0.0565. The van der Waals surface area contributed by atoms with Crippen LogP contribution < -0.4 is 0 Å². The maximum atomic E-state index is 11.8. The first-order chi connectivity index (χ1) is 8.09. The van der Waals surface area contributed by atoms with Crippen molar-refractivity contribution in [3.8, 4) is 17.1 Å². The first-order valence-electron chi connectivity index (χ1n) is 5.11. The summed E-state index contributed by atoms with van der Waals surface area (Å²) in [5.41, 5.74) is 0.721. The third-order valence-electron chi connectivity index (χ3n) is 2.82. The average molecular weight is 228 g/mol. The van der Waals surface area contributed by atoms with Crippen LogP contribution in [0, 0.1) is 6.92 Å². The van der Waals surface area contributed by atoms with Crippen LogP contribution in [0.3, 0.4) is 0 Å². The quantitative estimate of drug-likeness (QED) is 0.703. The molecule has 4 nitrogen and oxygen atoms in total. The van der Waals surface area contributed by atoms with Crippen LogP contribution in [0.4, 0.5) is 0 Å². The Bertz CT molecular complexity index is 664. The molecule has 4 heteroatoms. The number of benzene rings is 1. The molecule has 0 bridgehead atoms. The van der Waals surface area contributed by atoms with Crippen LogP contribution in [0.5, 0.6) is 5.75 Å². The van der Waals surface area contributed by atoms with Gasteiger partial charge in [0.1, 0.15) is 17.3 Å². The Labute approximate surface area is 96.5 Å². The summed E-state index contributed by atoms with van der Waals surface area (Å²) in [4.78, 5) is 23.7. The largest absolute Gasteiger partial charge is 0.507 e. The van der Waals surface area contributed by atoms with Gasteiger partial charge in [-0.2, -0.15) is 0 Å². The van der Waals surface area contributed by atoms with Crippen molar-refractivity contribution >= 4 is 11.6 Å². The van der Waals surface area contributed by atoms with Gasteiger partial charge in [0.15, 0.2) is 0 Å². The fourth-order valence-corrected chi connectivity index (χ4v) is 2.08. The molecule has 0 aliphatic heterocycles. The van der Waals surface area contributed by atoms with Crippen LogP contribution >= 0.6 is 0 Å². The van der Waals surface area contributed by atoms with Crippen LogP contribution in [-0.2, 0) is 0 Å². The highest BCUT2D eigenvalue weighted by atomic mass is 16.3. The van der Waals surface area contributed by atoms with Gasteiger partial charge in [-0.3, -0.25) is 9.59 Å². The first-order valence-corrected chi connectivity index (χ1v) is 5.11. The van der Waals surface area contributed by atoms with Crippen LogP contribution in [0.15, 0.2) is 28.7 Å². The standard InChI is InChI=1S/C13H8O4/c1-6-5-8-12(16)11(15)7-3-2-4-9(14)10(7)13(8)17-6/h2-5,14H,1H3. The summed E-state index contributed by atoms with van der Waals surface area (Å²) >= 11 is 0. The zero-order chi connectivity index (χ0) is 12.2. The number of carbonyl (C=O) groups excluding carboxylic acids is 2. The van der Waals surface area contributed by atoms with Crippen molar-refractivity contribution in [1.82, 2.24) is 0 Å². The molecule has 1 aromatic carbocycles. The molecular formula is C13H8O4. The lowest BCUT2D eigenvalue weighted by molar-refractivity contribution is 0.0814. The van der Waals surface area contributed by atoms with Crippen molar-refractivity contribution in [2.45, 2.75) is 6.92 Å². The normalized spacial score (nSPS) is 13.5. The molecule has 0 unspecified atom stereocenters. The second-order valence-electron chi connectivity index (χ2n) is 3.96. The smallest absolute Gasteiger partial charge is 0.237 e. The molecule has 1 N–H and O–H groups in total. The highest BCUT2D eigenvalue weighted by Crippen LogP contribution is 2.40. The Kier molecular flexibility index (Phi) is 1.78. The Morgan fingerprint density at radius 1 is 1.12 bits per heavy atom. The Balaban J connectivity index is 2.44. The van der Waals surface area contributed by atoms with E-state index in [2.05, 4.69) is 0 Å². The lowest BCUT2D eigenvalue weighted by atomic mass is 9.88. The van der Waals surface area contributed by atoms with E-state index in [1.165, 1.54) is 24.3 Å². The average Bonchev–Trinajstić information content (AvgIpc) is 2.68. The number of rotatable bonds is 0. The molecular weight excluding hydrogens is 220 g/mol. The van der Waals surface area contributed by atoms with Gasteiger partial charge in [-0.15, -0.1) is 0 Å². The number of fused-ring (bicyclic) bond motifs is 3. The molecule has 0 radical (unpaired) electrons. The number of hydrogen-bond donors (Lipinski definition) is 1. The van der Waals surface area contributed by atoms with Gasteiger partial charge < -0.3 is 9.52 Å². The SMILES string of the molecule is Cc1cc2c(o1)-c1c(O)cccc1C(=O)C2=O. The summed E-state index contributed by atoms with van der Waals surface area (Å²) in [6.45, 7) is 1.69. The summed E-state index contributed by atoms with van der Waals surface area (Å²) < 4.78 is 5.40. The van der Waals surface area contributed by atoms with E-state index in [1.54, 1.807) is 6.92 Å².